The van der Waals surface area contributed by atoms with E-state index in [-0.39, 0.29) is 0 Å². The molecule has 1 heterocycles. The number of piperidine rings is 1. The lowest BCUT2D eigenvalue weighted by Crippen LogP contribution is -2.46. The van der Waals surface area contributed by atoms with Crippen molar-refractivity contribution in [3.63, 3.8) is 0 Å². The van der Waals surface area contributed by atoms with Crippen molar-refractivity contribution in [3.8, 4) is 6.07 Å². The predicted octanol–water partition coefficient (Wildman–Crippen LogP) is 2.12. The molecule has 0 radical (unpaired) electrons. The summed E-state index contributed by atoms with van der Waals surface area (Å²) in [6.45, 7) is 5.17. The Bertz CT molecular complexity index is 436. The second kappa shape index (κ2) is 5.99. The first kappa shape index (κ1) is 13.1. The van der Waals surface area contributed by atoms with Gasteiger partial charge in [-0.1, -0.05) is 31.5 Å². The molecule has 2 N–H and O–H groups in total. The third-order valence-electron chi connectivity index (χ3n) is 3.93. The van der Waals surface area contributed by atoms with Crippen LogP contribution in [0.15, 0.2) is 24.3 Å². The van der Waals surface area contributed by atoms with Crippen molar-refractivity contribution in [2.24, 2.45) is 11.7 Å². The minimum absolute atomic E-state index is 0.345. The number of hydrogen-bond donors (Lipinski definition) is 1. The van der Waals surface area contributed by atoms with Gasteiger partial charge in [-0.2, -0.15) is 5.26 Å². The number of nitrogens with two attached hydrogens (primary N) is 1. The lowest BCUT2D eigenvalue weighted by atomic mass is 9.90. The molecule has 0 aliphatic carbocycles. The highest BCUT2D eigenvalue weighted by Gasteiger charge is 2.25. The fourth-order valence-electron chi connectivity index (χ4n) is 2.71. The minimum atomic E-state index is 0.345. The van der Waals surface area contributed by atoms with Crippen LogP contribution in [0.2, 0.25) is 0 Å². The molecule has 1 aromatic rings. The summed E-state index contributed by atoms with van der Waals surface area (Å²) >= 11 is 0. The summed E-state index contributed by atoms with van der Waals surface area (Å²) in [6, 6.07) is 10.5. The smallest absolute Gasteiger partial charge is 0.0995 e. The molecule has 0 amide bonds. The van der Waals surface area contributed by atoms with Crippen LogP contribution in [0.25, 0.3) is 0 Å². The van der Waals surface area contributed by atoms with Crippen LogP contribution in [0, 0.1) is 17.2 Å². The molecule has 1 aliphatic rings. The van der Waals surface area contributed by atoms with Crippen molar-refractivity contribution in [2.45, 2.75) is 32.4 Å². The summed E-state index contributed by atoms with van der Waals surface area (Å²) in [5, 5.41) is 9.10. The quantitative estimate of drug-likeness (QED) is 0.884. The van der Waals surface area contributed by atoms with Gasteiger partial charge in [0.2, 0.25) is 0 Å². The molecule has 0 bridgehead atoms. The van der Waals surface area contributed by atoms with E-state index in [1.165, 1.54) is 0 Å². The summed E-state index contributed by atoms with van der Waals surface area (Å²) in [7, 11) is 0. The Morgan fingerprint density at radius 2 is 2.22 bits per heavy atom. The van der Waals surface area contributed by atoms with Crippen LogP contribution in [0.4, 0.5) is 0 Å². The van der Waals surface area contributed by atoms with Crippen LogP contribution in [0.1, 0.15) is 30.9 Å². The van der Waals surface area contributed by atoms with Crippen LogP contribution in [-0.2, 0) is 6.54 Å². The topological polar surface area (TPSA) is 53.0 Å². The van der Waals surface area contributed by atoms with Gasteiger partial charge in [0.25, 0.3) is 0 Å². The third-order valence-corrected chi connectivity index (χ3v) is 3.93. The van der Waals surface area contributed by atoms with E-state index >= 15 is 0 Å². The number of rotatable bonds is 3. The largest absolute Gasteiger partial charge is 0.327 e. The van der Waals surface area contributed by atoms with Crippen molar-refractivity contribution < 1.29 is 0 Å². The second-order valence-electron chi connectivity index (χ2n) is 5.12. The molecule has 1 saturated heterocycles. The lowest BCUT2D eigenvalue weighted by molar-refractivity contribution is 0.145. The van der Waals surface area contributed by atoms with Crippen LogP contribution in [0.5, 0.6) is 0 Å². The summed E-state index contributed by atoms with van der Waals surface area (Å²) in [5.41, 5.74) is 8.04. The van der Waals surface area contributed by atoms with Gasteiger partial charge in [-0.15, -0.1) is 0 Å². The first-order chi connectivity index (χ1) is 8.74. The van der Waals surface area contributed by atoms with E-state index in [0.717, 1.165) is 43.6 Å². The number of likely N-dealkylation sites (tertiary alicyclic amines) is 1. The summed E-state index contributed by atoms with van der Waals surface area (Å²) in [5.74, 6) is 0.591. The average Bonchev–Trinajstić information content (AvgIpc) is 2.41. The number of nitriles is 1. The molecule has 0 spiro atoms. The van der Waals surface area contributed by atoms with E-state index in [2.05, 4.69) is 17.9 Å². The van der Waals surface area contributed by atoms with Gasteiger partial charge in [-0.25, -0.2) is 0 Å². The highest BCUT2D eigenvalue weighted by molar-refractivity contribution is 5.37. The number of benzene rings is 1. The lowest BCUT2D eigenvalue weighted by Gasteiger charge is -2.36. The molecular formula is C15H21N3. The van der Waals surface area contributed by atoms with Gasteiger partial charge in [0.05, 0.1) is 11.6 Å². The molecule has 1 aliphatic heterocycles. The van der Waals surface area contributed by atoms with Crippen molar-refractivity contribution in [1.82, 2.24) is 4.90 Å². The molecule has 0 saturated carbocycles. The van der Waals surface area contributed by atoms with E-state index in [1.807, 2.05) is 24.3 Å². The first-order valence-corrected chi connectivity index (χ1v) is 6.70. The Hall–Kier alpha value is -1.37. The van der Waals surface area contributed by atoms with Crippen LogP contribution >= 0.6 is 0 Å². The molecule has 3 heteroatoms. The fraction of sp³-hybridized carbons (Fsp3) is 0.533. The van der Waals surface area contributed by atoms with Crippen LogP contribution < -0.4 is 5.73 Å². The minimum Gasteiger partial charge on any atom is -0.327 e. The normalized spacial score (nSPS) is 24.7. The Balaban J connectivity index is 2.04. The maximum Gasteiger partial charge on any atom is 0.0995 e. The second-order valence-corrected chi connectivity index (χ2v) is 5.12. The number of nitrogens with zero attached hydrogens (tertiary/aromatic N) is 2. The molecule has 3 nitrogen and oxygen atoms in total. The van der Waals surface area contributed by atoms with Crippen molar-refractivity contribution >= 4 is 0 Å². The SMILES string of the molecule is CCC1CN(Cc2ccccc2C#N)CCC1N. The third kappa shape index (κ3) is 2.90. The summed E-state index contributed by atoms with van der Waals surface area (Å²) < 4.78 is 0. The molecular weight excluding hydrogens is 222 g/mol. The van der Waals surface area contributed by atoms with Crippen molar-refractivity contribution in [1.29, 1.82) is 5.26 Å². The predicted molar refractivity (Wildman–Crippen MR) is 72.8 cm³/mol. The maximum atomic E-state index is 9.10. The van der Waals surface area contributed by atoms with E-state index in [1.54, 1.807) is 0 Å². The zero-order chi connectivity index (χ0) is 13.0. The molecule has 2 rings (SSSR count). The Morgan fingerprint density at radius 1 is 1.44 bits per heavy atom. The zero-order valence-corrected chi connectivity index (χ0v) is 11.0. The first-order valence-electron chi connectivity index (χ1n) is 6.70. The molecule has 96 valence electrons. The molecule has 2 unspecified atom stereocenters. The van der Waals surface area contributed by atoms with Crippen molar-refractivity contribution in [2.75, 3.05) is 13.1 Å². The van der Waals surface area contributed by atoms with Crippen LogP contribution in [-0.4, -0.2) is 24.0 Å². The van der Waals surface area contributed by atoms with Gasteiger partial charge in [-0.3, -0.25) is 4.90 Å². The van der Waals surface area contributed by atoms with Gasteiger partial charge < -0.3 is 5.73 Å². The highest BCUT2D eigenvalue weighted by Crippen LogP contribution is 2.21. The standard InChI is InChI=1S/C15H21N3/c1-2-12-10-18(8-7-15(12)17)11-14-6-4-3-5-13(14)9-16/h3-6,12,15H,2,7-8,10-11,17H2,1H3. The fourth-order valence-corrected chi connectivity index (χ4v) is 2.71. The zero-order valence-electron chi connectivity index (χ0n) is 11.0. The molecule has 2 atom stereocenters. The van der Waals surface area contributed by atoms with Gasteiger partial charge in [-0.05, 0) is 30.5 Å². The van der Waals surface area contributed by atoms with Gasteiger partial charge in [0.15, 0.2) is 0 Å². The Morgan fingerprint density at radius 3 is 2.94 bits per heavy atom. The van der Waals surface area contributed by atoms with Crippen LogP contribution in [0.3, 0.4) is 0 Å². The molecule has 0 aromatic heterocycles. The van der Waals surface area contributed by atoms with E-state index < -0.39 is 0 Å². The maximum absolute atomic E-state index is 9.10. The Kier molecular flexibility index (Phi) is 4.35. The van der Waals surface area contributed by atoms with Crippen molar-refractivity contribution in [3.05, 3.63) is 35.4 Å². The van der Waals surface area contributed by atoms with Gasteiger partial charge in [0, 0.05) is 19.1 Å². The monoisotopic (exact) mass is 243 g/mol. The molecule has 1 aromatic carbocycles. The van der Waals surface area contributed by atoms with E-state index in [9.17, 15) is 0 Å². The summed E-state index contributed by atoms with van der Waals surface area (Å²) in [6.07, 6.45) is 2.20. The number of hydrogen-bond acceptors (Lipinski definition) is 3. The van der Waals surface area contributed by atoms with E-state index in [0.29, 0.717) is 12.0 Å². The van der Waals surface area contributed by atoms with Gasteiger partial charge in [0.1, 0.15) is 0 Å². The average molecular weight is 243 g/mol. The molecule has 18 heavy (non-hydrogen) atoms. The van der Waals surface area contributed by atoms with Gasteiger partial charge >= 0.3 is 0 Å². The molecule has 1 fully saturated rings. The Labute approximate surface area is 109 Å². The highest BCUT2D eigenvalue weighted by atomic mass is 15.1. The van der Waals surface area contributed by atoms with E-state index in [4.69, 9.17) is 11.0 Å². The summed E-state index contributed by atoms with van der Waals surface area (Å²) in [4.78, 5) is 2.42.